The van der Waals surface area contributed by atoms with E-state index < -0.39 is 40.2 Å². The molecule has 0 radical (unpaired) electrons. The largest absolute Gasteiger partial charge is 0.462 e. The van der Waals surface area contributed by atoms with Crippen LogP contribution in [0.1, 0.15) is 0 Å². The van der Waals surface area contributed by atoms with E-state index in [2.05, 4.69) is 0 Å². The second-order valence-corrected chi connectivity index (χ2v) is 4.51. The Hall–Kier alpha value is -0.760. The van der Waals surface area contributed by atoms with Crippen molar-refractivity contribution in [2.75, 3.05) is 5.75 Å². The van der Waals surface area contributed by atoms with Crippen LogP contribution in [0.5, 0.6) is 0 Å². The van der Waals surface area contributed by atoms with Gasteiger partial charge in [0.05, 0.1) is 0 Å². The van der Waals surface area contributed by atoms with Gasteiger partial charge in [0.2, 0.25) is 0 Å². The van der Waals surface area contributed by atoms with E-state index in [-0.39, 0.29) is 0 Å². The van der Waals surface area contributed by atoms with Crippen LogP contribution in [-0.4, -0.2) is 43.0 Å². The van der Waals surface area contributed by atoms with Crippen LogP contribution in [0.2, 0.25) is 0 Å². The van der Waals surface area contributed by atoms with Gasteiger partial charge in [0, 0.05) is 0 Å². The molecule has 0 amide bonds. The average molecular weight is 330 g/mol. The highest BCUT2D eigenvalue weighted by Crippen LogP contribution is 2.48. The predicted octanol–water partition coefficient (Wildman–Crippen LogP) is 2.27. The van der Waals surface area contributed by atoms with Gasteiger partial charge in [0.15, 0.2) is 5.75 Å². The van der Waals surface area contributed by atoms with Crippen molar-refractivity contribution in [1.29, 1.82) is 0 Å². The monoisotopic (exact) mass is 330 g/mol. The fourth-order valence-corrected chi connectivity index (χ4v) is 1.14. The molecule has 0 aromatic carbocycles. The fraction of sp³-hybridized carbons (Fsp3) is 1.00. The molecule has 0 aliphatic carbocycles. The molecule has 116 valence electrons. The van der Waals surface area contributed by atoms with Gasteiger partial charge in [0.25, 0.3) is 10.1 Å². The van der Waals surface area contributed by atoms with Crippen molar-refractivity contribution in [2.24, 2.45) is 0 Å². The fourth-order valence-electron chi connectivity index (χ4n) is 0.658. The molecule has 0 saturated heterocycles. The Bertz CT molecular complexity index is 424. The van der Waals surface area contributed by atoms with Crippen molar-refractivity contribution >= 4 is 10.1 Å². The van der Waals surface area contributed by atoms with Crippen LogP contribution in [0.4, 0.5) is 39.5 Å². The SMILES string of the molecule is O=S(=O)(O)CC(F)(F)OC(F)(F)C(F)(F)C(F)(F)F. The summed E-state index contributed by atoms with van der Waals surface area (Å²) in [5.74, 6) is -9.92. The molecule has 0 unspecified atom stereocenters. The zero-order valence-corrected chi connectivity index (χ0v) is 9.01. The second-order valence-electron chi connectivity index (χ2n) is 3.05. The van der Waals surface area contributed by atoms with Gasteiger partial charge in [0.1, 0.15) is 0 Å². The highest BCUT2D eigenvalue weighted by molar-refractivity contribution is 7.85. The Morgan fingerprint density at radius 1 is 0.895 bits per heavy atom. The van der Waals surface area contributed by atoms with Gasteiger partial charge in [-0.15, -0.1) is 0 Å². The summed E-state index contributed by atoms with van der Waals surface area (Å²) in [5, 5.41) is 0. The molecule has 0 heterocycles. The van der Waals surface area contributed by atoms with Gasteiger partial charge >= 0.3 is 24.3 Å². The Balaban J connectivity index is 5.27. The molecular formula is C5H3F9O4S. The van der Waals surface area contributed by atoms with Crippen LogP contribution in [0.3, 0.4) is 0 Å². The van der Waals surface area contributed by atoms with Crippen LogP contribution in [-0.2, 0) is 14.9 Å². The maximum absolute atomic E-state index is 12.4. The van der Waals surface area contributed by atoms with Crippen LogP contribution in [0, 0.1) is 0 Å². The summed E-state index contributed by atoms with van der Waals surface area (Å²) >= 11 is 0. The predicted molar refractivity (Wildman–Crippen MR) is 38.4 cm³/mol. The number of hydrogen-bond acceptors (Lipinski definition) is 3. The summed E-state index contributed by atoms with van der Waals surface area (Å²) in [4.78, 5) is 0. The van der Waals surface area contributed by atoms with E-state index in [1.165, 1.54) is 0 Å². The first-order valence-electron chi connectivity index (χ1n) is 3.77. The molecule has 0 atom stereocenters. The number of ether oxygens (including phenoxy) is 1. The quantitative estimate of drug-likeness (QED) is 0.620. The zero-order valence-electron chi connectivity index (χ0n) is 8.19. The van der Waals surface area contributed by atoms with Gasteiger partial charge in [-0.25, -0.2) is 4.74 Å². The van der Waals surface area contributed by atoms with E-state index in [0.717, 1.165) is 0 Å². The first kappa shape index (κ1) is 18.2. The van der Waals surface area contributed by atoms with E-state index in [9.17, 15) is 47.9 Å². The van der Waals surface area contributed by atoms with Crippen LogP contribution in [0.25, 0.3) is 0 Å². The molecule has 0 rings (SSSR count). The standard InChI is InChI=1S/C5H3F9O4S/c6-2(7,1-19(15,16)17)18-5(13,14)3(8,9)4(10,11)12/h1H2,(H,15,16,17). The van der Waals surface area contributed by atoms with Crippen LogP contribution in [0.15, 0.2) is 0 Å². The van der Waals surface area contributed by atoms with Crippen molar-refractivity contribution in [3.05, 3.63) is 0 Å². The van der Waals surface area contributed by atoms with Crippen molar-refractivity contribution < 1.29 is 57.2 Å². The smallest absolute Gasteiger partial charge is 0.285 e. The molecule has 0 fully saturated rings. The van der Waals surface area contributed by atoms with E-state index in [0.29, 0.717) is 0 Å². The lowest BCUT2D eigenvalue weighted by atomic mass is 10.3. The first-order valence-corrected chi connectivity index (χ1v) is 5.38. The van der Waals surface area contributed by atoms with Gasteiger partial charge in [-0.2, -0.15) is 47.9 Å². The van der Waals surface area contributed by atoms with E-state index >= 15 is 0 Å². The highest BCUT2D eigenvalue weighted by atomic mass is 32.2. The molecule has 0 aromatic rings. The Morgan fingerprint density at radius 2 is 1.26 bits per heavy atom. The summed E-state index contributed by atoms with van der Waals surface area (Å²) in [7, 11) is -5.67. The van der Waals surface area contributed by atoms with Gasteiger partial charge in [-0.3, -0.25) is 4.55 Å². The minimum Gasteiger partial charge on any atom is -0.285 e. The van der Waals surface area contributed by atoms with E-state index in [1.807, 2.05) is 4.74 Å². The third kappa shape index (κ3) is 4.68. The molecular weight excluding hydrogens is 327 g/mol. The van der Waals surface area contributed by atoms with E-state index in [4.69, 9.17) is 4.55 Å². The summed E-state index contributed by atoms with van der Waals surface area (Å²) < 4.78 is 138. The van der Waals surface area contributed by atoms with Gasteiger partial charge in [-0.1, -0.05) is 0 Å². The molecule has 0 aliphatic heterocycles. The second kappa shape index (κ2) is 4.66. The Labute approximate surface area is 98.4 Å². The normalized spacial score (nSPS) is 15.7. The maximum Gasteiger partial charge on any atom is 0.462 e. The first-order chi connectivity index (χ1) is 7.91. The summed E-state index contributed by atoms with van der Waals surface area (Å²) in [6, 6.07) is 0. The lowest BCUT2D eigenvalue weighted by molar-refractivity contribution is -0.468. The number of rotatable bonds is 5. The lowest BCUT2D eigenvalue weighted by Crippen LogP contribution is -2.56. The molecule has 1 N–H and O–H groups in total. The Morgan fingerprint density at radius 3 is 1.53 bits per heavy atom. The molecule has 4 nitrogen and oxygen atoms in total. The third-order valence-corrected chi connectivity index (χ3v) is 2.05. The maximum atomic E-state index is 12.4. The average Bonchev–Trinajstić information content (AvgIpc) is 1.92. The van der Waals surface area contributed by atoms with Gasteiger partial charge < -0.3 is 0 Å². The number of hydrogen-bond donors (Lipinski definition) is 1. The summed E-state index contributed by atoms with van der Waals surface area (Å²) in [6.07, 6.45) is -19.4. The molecule has 0 spiro atoms. The molecule has 14 heteroatoms. The van der Waals surface area contributed by atoms with Crippen LogP contribution >= 0.6 is 0 Å². The van der Waals surface area contributed by atoms with Crippen molar-refractivity contribution in [3.8, 4) is 0 Å². The number of alkyl halides is 9. The molecule has 0 aromatic heterocycles. The van der Waals surface area contributed by atoms with Crippen LogP contribution < -0.4 is 0 Å². The summed E-state index contributed by atoms with van der Waals surface area (Å²) in [6.45, 7) is 0. The third-order valence-electron chi connectivity index (χ3n) is 1.35. The Kier molecular flexibility index (Phi) is 4.47. The topological polar surface area (TPSA) is 63.6 Å². The molecule has 0 bridgehead atoms. The minimum atomic E-state index is -7.00. The van der Waals surface area contributed by atoms with Crippen molar-refractivity contribution in [1.82, 2.24) is 0 Å². The highest BCUT2D eigenvalue weighted by Gasteiger charge is 2.76. The molecule has 0 aliphatic rings. The number of halogens is 9. The summed E-state index contributed by atoms with van der Waals surface area (Å²) in [5.41, 5.74) is 0. The zero-order chi connectivity index (χ0) is 15.9. The minimum absolute atomic E-state index is 1.92. The lowest BCUT2D eigenvalue weighted by Gasteiger charge is -2.30. The molecule has 0 saturated carbocycles. The van der Waals surface area contributed by atoms with Crippen molar-refractivity contribution in [2.45, 2.75) is 24.3 Å². The molecule has 19 heavy (non-hydrogen) atoms. The van der Waals surface area contributed by atoms with Crippen molar-refractivity contribution in [3.63, 3.8) is 0 Å². The van der Waals surface area contributed by atoms with E-state index in [1.54, 1.807) is 0 Å². The van der Waals surface area contributed by atoms with Gasteiger partial charge in [-0.05, 0) is 0 Å².